The van der Waals surface area contributed by atoms with Crippen molar-refractivity contribution in [3.8, 4) is 17.0 Å². The second-order valence-electron chi connectivity index (χ2n) is 7.80. The molecule has 3 aromatic carbocycles. The zero-order chi connectivity index (χ0) is 22.9. The van der Waals surface area contributed by atoms with Crippen molar-refractivity contribution in [1.29, 1.82) is 0 Å². The predicted molar refractivity (Wildman–Crippen MR) is 131 cm³/mol. The number of hydrogen-bond donors (Lipinski definition) is 1. The summed E-state index contributed by atoms with van der Waals surface area (Å²) in [7, 11) is 1.64. The molecule has 0 fully saturated rings. The van der Waals surface area contributed by atoms with Crippen molar-refractivity contribution in [3.63, 3.8) is 0 Å². The highest BCUT2D eigenvalue weighted by Crippen LogP contribution is 2.23. The summed E-state index contributed by atoms with van der Waals surface area (Å²) in [5.74, 6) is 1.26. The van der Waals surface area contributed by atoms with Gasteiger partial charge in [-0.05, 0) is 54.7 Å². The van der Waals surface area contributed by atoms with Gasteiger partial charge in [-0.15, -0.1) is 0 Å². The van der Waals surface area contributed by atoms with Crippen LogP contribution in [0.2, 0.25) is 0 Å². The first kappa shape index (κ1) is 22.2. The van der Waals surface area contributed by atoms with Crippen LogP contribution in [0.25, 0.3) is 11.3 Å². The highest BCUT2D eigenvalue weighted by atomic mass is 16.5. The Kier molecular flexibility index (Phi) is 7.44. The molecular weight excluding hydrogens is 410 g/mol. The van der Waals surface area contributed by atoms with Gasteiger partial charge in [0.2, 0.25) is 5.91 Å². The number of ether oxygens (including phenoxy) is 1. The molecule has 0 spiro atoms. The molecule has 0 atom stereocenters. The number of rotatable bonds is 9. The molecule has 0 saturated carbocycles. The molecule has 5 nitrogen and oxygen atoms in total. The summed E-state index contributed by atoms with van der Waals surface area (Å²) < 4.78 is 5.25. The second-order valence-corrected chi connectivity index (χ2v) is 7.80. The van der Waals surface area contributed by atoms with Crippen LogP contribution in [0, 0.1) is 0 Å². The SMILES string of the molecule is COc1ccc(-c2cnc(NC(=O)CCc3ccccc3)c(CCc3ccccc3)n2)cc1. The van der Waals surface area contributed by atoms with Gasteiger partial charge in [-0.3, -0.25) is 4.79 Å². The van der Waals surface area contributed by atoms with E-state index in [0.29, 0.717) is 25.1 Å². The first-order valence-electron chi connectivity index (χ1n) is 11.1. The van der Waals surface area contributed by atoms with Crippen molar-refractivity contribution in [2.75, 3.05) is 12.4 Å². The number of carbonyl (C=O) groups is 1. The Balaban J connectivity index is 1.52. The number of amides is 1. The van der Waals surface area contributed by atoms with Gasteiger partial charge in [-0.2, -0.15) is 0 Å². The number of aromatic nitrogens is 2. The van der Waals surface area contributed by atoms with Gasteiger partial charge in [0.25, 0.3) is 0 Å². The number of aryl methyl sites for hydroxylation is 3. The minimum atomic E-state index is -0.0636. The Morgan fingerprint density at radius 3 is 2.09 bits per heavy atom. The van der Waals surface area contributed by atoms with Gasteiger partial charge in [0.1, 0.15) is 5.75 Å². The van der Waals surface area contributed by atoms with Gasteiger partial charge in [0.15, 0.2) is 5.82 Å². The zero-order valence-electron chi connectivity index (χ0n) is 18.7. The number of nitrogens with zero attached hydrogens (tertiary/aromatic N) is 2. The molecule has 4 rings (SSSR count). The predicted octanol–water partition coefficient (Wildman–Crippen LogP) is 5.51. The van der Waals surface area contributed by atoms with Crippen LogP contribution < -0.4 is 10.1 Å². The molecule has 5 heteroatoms. The number of nitrogens with one attached hydrogen (secondary N) is 1. The van der Waals surface area contributed by atoms with Crippen molar-refractivity contribution in [2.45, 2.75) is 25.7 Å². The minimum Gasteiger partial charge on any atom is -0.497 e. The Morgan fingerprint density at radius 1 is 0.818 bits per heavy atom. The molecule has 0 aliphatic carbocycles. The molecule has 0 saturated heterocycles. The fourth-order valence-electron chi connectivity index (χ4n) is 3.61. The molecule has 1 heterocycles. The lowest BCUT2D eigenvalue weighted by Gasteiger charge is -2.12. The van der Waals surface area contributed by atoms with Crippen LogP contribution in [-0.4, -0.2) is 23.0 Å². The first-order valence-corrected chi connectivity index (χ1v) is 11.1. The van der Waals surface area contributed by atoms with E-state index >= 15 is 0 Å². The fourth-order valence-corrected chi connectivity index (χ4v) is 3.61. The van der Waals surface area contributed by atoms with Crippen molar-refractivity contribution in [1.82, 2.24) is 9.97 Å². The van der Waals surface area contributed by atoms with E-state index in [0.717, 1.165) is 34.7 Å². The lowest BCUT2D eigenvalue weighted by Crippen LogP contribution is -2.16. The van der Waals surface area contributed by atoms with Crippen molar-refractivity contribution in [2.24, 2.45) is 0 Å². The first-order chi connectivity index (χ1) is 16.2. The lowest BCUT2D eigenvalue weighted by atomic mass is 10.1. The Hall–Kier alpha value is -3.99. The van der Waals surface area contributed by atoms with Crippen LogP contribution in [0.4, 0.5) is 5.82 Å². The van der Waals surface area contributed by atoms with E-state index in [9.17, 15) is 4.79 Å². The molecule has 1 amide bonds. The number of benzene rings is 3. The van der Waals surface area contributed by atoms with E-state index in [1.165, 1.54) is 5.56 Å². The highest BCUT2D eigenvalue weighted by Gasteiger charge is 2.13. The quantitative estimate of drug-likeness (QED) is 0.375. The van der Waals surface area contributed by atoms with Gasteiger partial charge in [0, 0.05) is 12.0 Å². The normalized spacial score (nSPS) is 10.6. The molecule has 4 aromatic rings. The van der Waals surface area contributed by atoms with Gasteiger partial charge in [-0.25, -0.2) is 9.97 Å². The third-order valence-electron chi connectivity index (χ3n) is 5.47. The molecular formula is C28H27N3O2. The summed E-state index contributed by atoms with van der Waals surface area (Å²) >= 11 is 0. The van der Waals surface area contributed by atoms with Crippen LogP contribution in [-0.2, 0) is 24.1 Å². The highest BCUT2D eigenvalue weighted by molar-refractivity contribution is 5.90. The van der Waals surface area contributed by atoms with Crippen LogP contribution in [0.5, 0.6) is 5.75 Å². The van der Waals surface area contributed by atoms with E-state index in [1.54, 1.807) is 13.3 Å². The van der Waals surface area contributed by atoms with Crippen molar-refractivity contribution >= 4 is 11.7 Å². The number of anilines is 1. The largest absolute Gasteiger partial charge is 0.497 e. The zero-order valence-corrected chi connectivity index (χ0v) is 18.7. The molecule has 0 radical (unpaired) electrons. The maximum atomic E-state index is 12.6. The molecule has 0 bridgehead atoms. The number of methoxy groups -OCH3 is 1. The second kappa shape index (κ2) is 11.0. The van der Waals surface area contributed by atoms with E-state index in [1.807, 2.05) is 72.8 Å². The van der Waals surface area contributed by atoms with E-state index in [2.05, 4.69) is 22.4 Å². The van der Waals surface area contributed by atoms with Gasteiger partial charge >= 0.3 is 0 Å². The van der Waals surface area contributed by atoms with Gasteiger partial charge < -0.3 is 10.1 Å². The summed E-state index contributed by atoms with van der Waals surface area (Å²) in [5, 5.41) is 2.98. The Labute approximate surface area is 194 Å². The molecule has 0 aliphatic heterocycles. The minimum absolute atomic E-state index is 0.0636. The summed E-state index contributed by atoms with van der Waals surface area (Å²) in [4.78, 5) is 22.1. The summed E-state index contributed by atoms with van der Waals surface area (Å²) in [5.41, 5.74) is 4.85. The number of hydrogen-bond acceptors (Lipinski definition) is 4. The maximum Gasteiger partial charge on any atom is 0.225 e. The third kappa shape index (κ3) is 6.26. The standard InChI is InChI=1S/C28H27N3O2/c1-33-24-16-14-23(15-17-24)26-20-29-28(25(30-26)18-12-21-8-4-2-5-9-21)31-27(32)19-13-22-10-6-3-7-11-22/h2-11,14-17,20H,12-13,18-19H2,1H3,(H,29,31,32). The van der Waals surface area contributed by atoms with Crippen LogP contribution in [0.15, 0.2) is 91.1 Å². The van der Waals surface area contributed by atoms with Crippen LogP contribution in [0.3, 0.4) is 0 Å². The molecule has 166 valence electrons. The third-order valence-corrected chi connectivity index (χ3v) is 5.47. The van der Waals surface area contributed by atoms with Gasteiger partial charge in [0.05, 0.1) is 24.7 Å². The van der Waals surface area contributed by atoms with Crippen LogP contribution >= 0.6 is 0 Å². The average molecular weight is 438 g/mol. The van der Waals surface area contributed by atoms with E-state index < -0.39 is 0 Å². The van der Waals surface area contributed by atoms with Crippen molar-refractivity contribution < 1.29 is 9.53 Å². The monoisotopic (exact) mass is 437 g/mol. The molecule has 0 aliphatic rings. The molecule has 0 unspecified atom stereocenters. The summed E-state index contributed by atoms with van der Waals surface area (Å²) in [6.45, 7) is 0. The van der Waals surface area contributed by atoms with Crippen LogP contribution in [0.1, 0.15) is 23.2 Å². The molecule has 1 N–H and O–H groups in total. The summed E-state index contributed by atoms with van der Waals surface area (Å²) in [6.07, 6.45) is 4.28. The van der Waals surface area contributed by atoms with Crippen molar-refractivity contribution in [3.05, 3.63) is 108 Å². The fraction of sp³-hybridized carbons (Fsp3) is 0.179. The Bertz CT molecular complexity index is 1180. The lowest BCUT2D eigenvalue weighted by molar-refractivity contribution is -0.116. The van der Waals surface area contributed by atoms with Gasteiger partial charge in [-0.1, -0.05) is 60.7 Å². The summed E-state index contributed by atoms with van der Waals surface area (Å²) in [6, 6.07) is 28.0. The van der Waals surface area contributed by atoms with E-state index in [4.69, 9.17) is 9.72 Å². The number of carbonyl (C=O) groups excluding carboxylic acids is 1. The Morgan fingerprint density at radius 2 is 1.45 bits per heavy atom. The molecule has 33 heavy (non-hydrogen) atoms. The topological polar surface area (TPSA) is 64.1 Å². The average Bonchev–Trinajstić information content (AvgIpc) is 2.88. The molecule has 1 aromatic heterocycles. The van der Waals surface area contributed by atoms with E-state index in [-0.39, 0.29) is 5.91 Å². The smallest absolute Gasteiger partial charge is 0.225 e. The maximum absolute atomic E-state index is 12.6.